The van der Waals surface area contributed by atoms with Crippen LogP contribution in [0.5, 0.6) is 0 Å². The molecule has 0 aliphatic heterocycles. The van der Waals surface area contributed by atoms with E-state index in [1.54, 1.807) is 0 Å². The summed E-state index contributed by atoms with van der Waals surface area (Å²) in [5.41, 5.74) is 1.29. The highest BCUT2D eigenvalue weighted by molar-refractivity contribution is 5.31. The summed E-state index contributed by atoms with van der Waals surface area (Å²) >= 11 is 0. The van der Waals surface area contributed by atoms with E-state index in [1.165, 1.54) is 5.57 Å². The van der Waals surface area contributed by atoms with E-state index in [2.05, 4.69) is 18.7 Å². The van der Waals surface area contributed by atoms with Crippen molar-refractivity contribution >= 4 is 0 Å². The molecule has 0 radical (unpaired) electrons. The van der Waals surface area contributed by atoms with Crippen molar-refractivity contribution in [2.75, 3.05) is 0 Å². The van der Waals surface area contributed by atoms with Gasteiger partial charge in [0, 0.05) is 0 Å². The van der Waals surface area contributed by atoms with Gasteiger partial charge in [-0.05, 0) is 12.0 Å². The third kappa shape index (κ3) is 2.85. The Balaban J connectivity index is 2.69. The van der Waals surface area contributed by atoms with Crippen molar-refractivity contribution in [3.05, 3.63) is 60.8 Å². The van der Waals surface area contributed by atoms with Crippen LogP contribution in [0.15, 0.2) is 60.8 Å². The van der Waals surface area contributed by atoms with Crippen LogP contribution in [-0.4, -0.2) is 0 Å². The van der Waals surface area contributed by atoms with Gasteiger partial charge in [0.1, 0.15) is 0 Å². The zero-order valence-electron chi connectivity index (χ0n) is 6.53. The van der Waals surface area contributed by atoms with Gasteiger partial charge < -0.3 is 0 Å². The van der Waals surface area contributed by atoms with Crippen molar-refractivity contribution in [2.45, 2.75) is 6.42 Å². The third-order valence-corrected chi connectivity index (χ3v) is 1.45. The Morgan fingerprint density at radius 1 is 1.09 bits per heavy atom. The van der Waals surface area contributed by atoms with Gasteiger partial charge in [0.05, 0.1) is 0 Å². The highest BCUT2D eigenvalue weighted by atomic mass is 13.9. The van der Waals surface area contributed by atoms with Gasteiger partial charge in [-0.25, -0.2) is 0 Å². The number of allylic oxidation sites excluding steroid dienone is 9. The number of rotatable bonds is 2. The zero-order chi connectivity index (χ0) is 7.94. The Kier molecular flexibility index (Phi) is 3.20. The Morgan fingerprint density at radius 2 is 1.82 bits per heavy atom. The van der Waals surface area contributed by atoms with Crippen molar-refractivity contribution in [3.63, 3.8) is 0 Å². The molecule has 1 aliphatic carbocycles. The molecular formula is C11H12. The van der Waals surface area contributed by atoms with E-state index in [9.17, 15) is 0 Å². The smallest absolute Gasteiger partial charge is 0.0100 e. The fourth-order valence-corrected chi connectivity index (χ4v) is 0.909. The Labute approximate surface area is 67.9 Å². The van der Waals surface area contributed by atoms with Crippen molar-refractivity contribution in [1.82, 2.24) is 0 Å². The summed E-state index contributed by atoms with van der Waals surface area (Å²) in [5, 5.41) is 0. The van der Waals surface area contributed by atoms with E-state index in [-0.39, 0.29) is 0 Å². The first-order valence-electron chi connectivity index (χ1n) is 3.75. The second-order valence-corrected chi connectivity index (χ2v) is 2.36. The maximum absolute atomic E-state index is 3.69. The molecule has 56 valence electrons. The second kappa shape index (κ2) is 4.51. The Hall–Kier alpha value is -1.30. The lowest BCUT2D eigenvalue weighted by Gasteiger charge is -1.94. The summed E-state index contributed by atoms with van der Waals surface area (Å²) in [5.74, 6) is 0. The molecule has 0 unspecified atom stereocenters. The molecule has 1 aliphatic rings. The second-order valence-electron chi connectivity index (χ2n) is 2.36. The monoisotopic (exact) mass is 144 g/mol. The largest absolute Gasteiger partial charge is 0.103 e. The molecule has 0 saturated carbocycles. The highest BCUT2D eigenvalue weighted by Gasteiger charge is 1.85. The maximum atomic E-state index is 3.69. The minimum atomic E-state index is 0.939. The predicted octanol–water partition coefficient (Wildman–Crippen LogP) is 3.17. The lowest BCUT2D eigenvalue weighted by Crippen LogP contribution is -1.74. The Morgan fingerprint density at radius 3 is 2.64 bits per heavy atom. The molecule has 11 heavy (non-hydrogen) atoms. The van der Waals surface area contributed by atoms with Gasteiger partial charge in [0.2, 0.25) is 0 Å². The van der Waals surface area contributed by atoms with Crippen LogP contribution < -0.4 is 0 Å². The van der Waals surface area contributed by atoms with Crippen LogP contribution in [0.3, 0.4) is 0 Å². The van der Waals surface area contributed by atoms with E-state index >= 15 is 0 Å². The predicted molar refractivity (Wildman–Crippen MR) is 50.3 cm³/mol. The summed E-state index contributed by atoms with van der Waals surface area (Å²) in [6.45, 7) is 3.69. The first-order valence-corrected chi connectivity index (χ1v) is 3.75. The lowest BCUT2D eigenvalue weighted by molar-refractivity contribution is 1.29. The first-order chi connectivity index (χ1) is 5.43. The Bertz CT molecular complexity index is 237. The first kappa shape index (κ1) is 7.80. The van der Waals surface area contributed by atoms with Gasteiger partial charge in [-0.1, -0.05) is 48.6 Å². The average Bonchev–Trinajstić information content (AvgIpc) is 1.94. The van der Waals surface area contributed by atoms with Crippen LogP contribution in [-0.2, 0) is 0 Å². The molecule has 0 spiro atoms. The van der Waals surface area contributed by atoms with Crippen molar-refractivity contribution in [3.8, 4) is 0 Å². The quantitative estimate of drug-likeness (QED) is 0.522. The van der Waals surface area contributed by atoms with Crippen LogP contribution >= 0.6 is 0 Å². The van der Waals surface area contributed by atoms with Crippen LogP contribution in [0.25, 0.3) is 0 Å². The molecule has 0 amide bonds. The molecule has 0 N–H and O–H groups in total. The number of hydrogen-bond donors (Lipinski definition) is 0. The maximum Gasteiger partial charge on any atom is -0.0100 e. The third-order valence-electron chi connectivity index (χ3n) is 1.45. The topological polar surface area (TPSA) is 0 Å². The van der Waals surface area contributed by atoms with E-state index in [0.717, 1.165) is 6.42 Å². The van der Waals surface area contributed by atoms with Crippen LogP contribution in [0, 0.1) is 0 Å². The van der Waals surface area contributed by atoms with Gasteiger partial charge in [0.25, 0.3) is 0 Å². The molecule has 0 aromatic carbocycles. The SMILES string of the molecule is C=CCC1=C/C=C\C=C/C=C\1. The summed E-state index contributed by atoms with van der Waals surface area (Å²) in [6.07, 6.45) is 17.2. The molecule has 0 nitrogen and oxygen atoms in total. The van der Waals surface area contributed by atoms with Gasteiger partial charge in [-0.15, -0.1) is 6.58 Å². The van der Waals surface area contributed by atoms with Crippen LogP contribution in [0.2, 0.25) is 0 Å². The molecule has 0 aromatic heterocycles. The molecule has 0 aromatic rings. The van der Waals surface area contributed by atoms with Crippen molar-refractivity contribution < 1.29 is 0 Å². The van der Waals surface area contributed by atoms with E-state index < -0.39 is 0 Å². The fraction of sp³-hybridized carbons (Fsp3) is 0.0909. The van der Waals surface area contributed by atoms with Crippen molar-refractivity contribution in [1.29, 1.82) is 0 Å². The summed E-state index contributed by atoms with van der Waals surface area (Å²) in [7, 11) is 0. The van der Waals surface area contributed by atoms with Crippen LogP contribution in [0.4, 0.5) is 0 Å². The molecule has 0 atom stereocenters. The molecule has 0 heteroatoms. The summed E-state index contributed by atoms with van der Waals surface area (Å²) in [4.78, 5) is 0. The lowest BCUT2D eigenvalue weighted by atomic mass is 10.1. The molecule has 1 rings (SSSR count). The van der Waals surface area contributed by atoms with Gasteiger partial charge in [0.15, 0.2) is 0 Å². The van der Waals surface area contributed by atoms with E-state index in [1.807, 2.05) is 36.5 Å². The molecular weight excluding hydrogens is 132 g/mol. The normalized spacial score (nSPS) is 28.9. The summed E-state index contributed by atoms with van der Waals surface area (Å²) < 4.78 is 0. The summed E-state index contributed by atoms with van der Waals surface area (Å²) in [6, 6.07) is 0. The molecule has 0 heterocycles. The fourth-order valence-electron chi connectivity index (χ4n) is 0.909. The highest BCUT2D eigenvalue weighted by Crippen LogP contribution is 2.06. The van der Waals surface area contributed by atoms with Crippen molar-refractivity contribution in [2.24, 2.45) is 0 Å². The minimum Gasteiger partial charge on any atom is -0.103 e. The molecule has 0 bridgehead atoms. The molecule has 0 fully saturated rings. The van der Waals surface area contributed by atoms with Crippen LogP contribution in [0.1, 0.15) is 6.42 Å². The standard InChI is InChI=1S/C11H12/c1-2-8-11-9-6-4-3-5-7-10-11/h2-7,9-10H,1,8H2/b4-3-,5-3?,6-4?,7-5-,9-6-,10-7?,11-9?,11-10-. The van der Waals surface area contributed by atoms with E-state index in [0.29, 0.717) is 0 Å². The average molecular weight is 144 g/mol. The van der Waals surface area contributed by atoms with Gasteiger partial charge in [-0.2, -0.15) is 0 Å². The van der Waals surface area contributed by atoms with E-state index in [4.69, 9.17) is 0 Å². The van der Waals surface area contributed by atoms with Gasteiger partial charge in [-0.3, -0.25) is 0 Å². The minimum absolute atomic E-state index is 0.939. The zero-order valence-corrected chi connectivity index (χ0v) is 6.53. The molecule has 0 saturated heterocycles. The number of hydrogen-bond acceptors (Lipinski definition) is 0. The van der Waals surface area contributed by atoms with Gasteiger partial charge >= 0.3 is 0 Å².